The molecule has 0 fully saturated rings. The number of benzene rings is 6. The molecule has 8 rings (SSSR count). The van der Waals surface area contributed by atoms with E-state index in [9.17, 15) is 0 Å². The third-order valence-electron chi connectivity index (χ3n) is 10.9. The second-order valence-corrected chi connectivity index (χ2v) is 14.9. The SMILES string of the molecule is Cc1ccc2c(c1)C(C)(C)c1cc(C)cc(-c3ccc(-c4ccccc4-c4cc(C)cc5c4-c4ccc(C)cc4C5(C)C)cc3)c1-2. The van der Waals surface area contributed by atoms with Gasteiger partial charge >= 0.3 is 0 Å². The standard InChI is InChI=1S/C46H42/c1-27-13-19-35-39(23-27)45(5,6)41-25-29(3)21-37(43(35)41)32-17-15-31(16-18-32)33-11-9-10-12-34(33)38-22-30(4)26-42-44(38)36-20-14-28(2)24-40(36)46(42,7)8/h9-26H,1-8H3. The number of aryl methyl sites for hydroxylation is 4. The summed E-state index contributed by atoms with van der Waals surface area (Å²) in [6, 6.07) is 41.9. The minimum absolute atomic E-state index is 0.0176. The van der Waals surface area contributed by atoms with Gasteiger partial charge in [0.25, 0.3) is 0 Å². The van der Waals surface area contributed by atoms with Gasteiger partial charge in [0.15, 0.2) is 0 Å². The minimum atomic E-state index is -0.0337. The third-order valence-corrected chi connectivity index (χ3v) is 10.9. The molecule has 0 radical (unpaired) electrons. The highest BCUT2D eigenvalue weighted by Gasteiger charge is 2.38. The van der Waals surface area contributed by atoms with Crippen molar-refractivity contribution in [2.24, 2.45) is 0 Å². The van der Waals surface area contributed by atoms with Gasteiger partial charge in [0.1, 0.15) is 0 Å². The first-order valence-corrected chi connectivity index (χ1v) is 16.7. The van der Waals surface area contributed by atoms with Crippen LogP contribution in [0.15, 0.2) is 109 Å². The van der Waals surface area contributed by atoms with E-state index in [0.717, 1.165) is 0 Å². The van der Waals surface area contributed by atoms with Crippen LogP contribution >= 0.6 is 0 Å². The highest BCUT2D eigenvalue weighted by molar-refractivity contribution is 5.98. The topological polar surface area (TPSA) is 0 Å². The van der Waals surface area contributed by atoms with Crippen molar-refractivity contribution in [3.8, 4) is 55.6 Å². The Morgan fingerprint density at radius 3 is 1.26 bits per heavy atom. The van der Waals surface area contributed by atoms with Gasteiger partial charge in [-0.3, -0.25) is 0 Å². The first-order chi connectivity index (χ1) is 21.9. The Bertz CT molecular complexity index is 2220. The second kappa shape index (κ2) is 9.91. The van der Waals surface area contributed by atoms with Gasteiger partial charge < -0.3 is 0 Å². The smallest absolute Gasteiger partial charge is 0.0159 e. The van der Waals surface area contributed by atoms with Crippen LogP contribution in [0.5, 0.6) is 0 Å². The van der Waals surface area contributed by atoms with E-state index in [-0.39, 0.29) is 10.8 Å². The van der Waals surface area contributed by atoms with Gasteiger partial charge in [-0.25, -0.2) is 0 Å². The summed E-state index contributed by atoms with van der Waals surface area (Å²) in [4.78, 5) is 0. The molecular weight excluding hydrogens is 553 g/mol. The van der Waals surface area contributed by atoms with Crippen LogP contribution in [0.3, 0.4) is 0 Å². The Morgan fingerprint density at radius 1 is 0.326 bits per heavy atom. The largest absolute Gasteiger partial charge is 0.0616 e. The van der Waals surface area contributed by atoms with Gasteiger partial charge in [-0.05, 0) is 106 Å². The quantitative estimate of drug-likeness (QED) is 0.191. The molecule has 0 nitrogen and oxygen atoms in total. The Balaban J connectivity index is 1.27. The predicted octanol–water partition coefficient (Wildman–Crippen LogP) is 12.5. The lowest BCUT2D eigenvalue weighted by Crippen LogP contribution is -2.15. The maximum Gasteiger partial charge on any atom is 0.0159 e. The lowest BCUT2D eigenvalue weighted by molar-refractivity contribution is 0.659. The maximum atomic E-state index is 2.41. The van der Waals surface area contributed by atoms with Gasteiger partial charge in [-0.15, -0.1) is 0 Å². The molecule has 0 heterocycles. The van der Waals surface area contributed by atoms with Crippen LogP contribution in [0.4, 0.5) is 0 Å². The summed E-state index contributed by atoms with van der Waals surface area (Å²) in [6.45, 7) is 18.4. The fraction of sp³-hybridized carbons (Fsp3) is 0.217. The number of fused-ring (bicyclic) bond motifs is 6. The summed E-state index contributed by atoms with van der Waals surface area (Å²) < 4.78 is 0. The maximum absolute atomic E-state index is 2.41. The molecule has 0 unspecified atom stereocenters. The molecule has 2 aliphatic rings. The Morgan fingerprint density at radius 2 is 0.739 bits per heavy atom. The fourth-order valence-corrected chi connectivity index (χ4v) is 8.45. The number of hydrogen-bond acceptors (Lipinski definition) is 0. The van der Waals surface area contributed by atoms with Crippen molar-refractivity contribution < 1.29 is 0 Å². The zero-order valence-corrected chi connectivity index (χ0v) is 28.4. The van der Waals surface area contributed by atoms with Crippen LogP contribution in [0.25, 0.3) is 55.6 Å². The van der Waals surface area contributed by atoms with Gasteiger partial charge in [-0.2, -0.15) is 0 Å². The molecule has 6 aromatic rings. The van der Waals surface area contributed by atoms with E-state index in [1.165, 1.54) is 100 Å². The minimum Gasteiger partial charge on any atom is -0.0616 e. The normalized spacial score (nSPS) is 14.9. The van der Waals surface area contributed by atoms with Crippen LogP contribution in [-0.4, -0.2) is 0 Å². The third kappa shape index (κ3) is 4.12. The Labute approximate surface area is 274 Å². The van der Waals surface area contributed by atoms with E-state index in [4.69, 9.17) is 0 Å². The molecule has 0 atom stereocenters. The van der Waals surface area contributed by atoms with Gasteiger partial charge in [0.05, 0.1) is 0 Å². The number of hydrogen-bond donors (Lipinski definition) is 0. The molecule has 6 aromatic carbocycles. The first kappa shape index (κ1) is 28.8. The summed E-state index contributed by atoms with van der Waals surface area (Å²) in [5.41, 5.74) is 24.2. The summed E-state index contributed by atoms with van der Waals surface area (Å²) in [7, 11) is 0. The van der Waals surface area contributed by atoms with Gasteiger partial charge in [0.2, 0.25) is 0 Å². The van der Waals surface area contributed by atoms with Crippen molar-refractivity contribution in [2.75, 3.05) is 0 Å². The van der Waals surface area contributed by atoms with E-state index < -0.39 is 0 Å². The van der Waals surface area contributed by atoms with E-state index >= 15 is 0 Å². The summed E-state index contributed by atoms with van der Waals surface area (Å²) in [5, 5.41) is 0. The van der Waals surface area contributed by atoms with E-state index in [1.54, 1.807) is 0 Å². The van der Waals surface area contributed by atoms with E-state index in [1.807, 2.05) is 0 Å². The first-order valence-electron chi connectivity index (χ1n) is 16.7. The van der Waals surface area contributed by atoms with Crippen molar-refractivity contribution >= 4 is 0 Å². The van der Waals surface area contributed by atoms with Crippen molar-refractivity contribution in [3.05, 3.63) is 154 Å². The Hall–Kier alpha value is -4.68. The lowest BCUT2D eigenvalue weighted by Gasteiger charge is -2.23. The van der Waals surface area contributed by atoms with E-state index in [2.05, 4.69) is 165 Å². The molecule has 0 bridgehead atoms. The van der Waals surface area contributed by atoms with Crippen LogP contribution < -0.4 is 0 Å². The summed E-state index contributed by atoms with van der Waals surface area (Å²) in [5.74, 6) is 0. The summed E-state index contributed by atoms with van der Waals surface area (Å²) >= 11 is 0. The highest BCUT2D eigenvalue weighted by Crippen LogP contribution is 2.55. The zero-order chi connectivity index (χ0) is 32.1. The van der Waals surface area contributed by atoms with Crippen LogP contribution in [0.2, 0.25) is 0 Å². The van der Waals surface area contributed by atoms with Gasteiger partial charge in [-0.1, -0.05) is 159 Å². The predicted molar refractivity (Wildman–Crippen MR) is 197 cm³/mol. The molecule has 0 N–H and O–H groups in total. The monoisotopic (exact) mass is 594 g/mol. The lowest BCUT2D eigenvalue weighted by atomic mass is 9.80. The van der Waals surface area contributed by atoms with Crippen molar-refractivity contribution in [3.63, 3.8) is 0 Å². The average Bonchev–Trinajstić information content (AvgIpc) is 3.39. The molecule has 226 valence electrons. The molecule has 0 spiro atoms. The highest BCUT2D eigenvalue weighted by atomic mass is 14.4. The summed E-state index contributed by atoms with van der Waals surface area (Å²) in [6.07, 6.45) is 0. The molecule has 0 saturated heterocycles. The van der Waals surface area contributed by atoms with Crippen molar-refractivity contribution in [2.45, 2.75) is 66.2 Å². The van der Waals surface area contributed by atoms with Crippen LogP contribution in [-0.2, 0) is 10.8 Å². The number of rotatable bonds is 3. The Kier molecular flexibility index (Phi) is 6.20. The van der Waals surface area contributed by atoms with Crippen molar-refractivity contribution in [1.82, 2.24) is 0 Å². The molecule has 2 aliphatic carbocycles. The molecule has 0 heteroatoms. The van der Waals surface area contributed by atoms with Gasteiger partial charge in [0, 0.05) is 10.8 Å². The van der Waals surface area contributed by atoms with E-state index in [0.29, 0.717) is 0 Å². The van der Waals surface area contributed by atoms with Crippen molar-refractivity contribution in [1.29, 1.82) is 0 Å². The zero-order valence-electron chi connectivity index (χ0n) is 28.4. The molecule has 0 aliphatic heterocycles. The fourth-order valence-electron chi connectivity index (χ4n) is 8.45. The molecule has 0 amide bonds. The molecule has 0 aromatic heterocycles. The molecular formula is C46H42. The van der Waals surface area contributed by atoms with Crippen LogP contribution in [0.1, 0.15) is 72.2 Å². The molecule has 46 heavy (non-hydrogen) atoms. The second-order valence-electron chi connectivity index (χ2n) is 14.9. The average molecular weight is 595 g/mol. The van der Waals surface area contributed by atoms with Crippen LogP contribution in [0, 0.1) is 27.7 Å². The molecule has 0 saturated carbocycles.